The Morgan fingerprint density at radius 3 is 2.55 bits per heavy atom. The van der Waals surface area contributed by atoms with Gasteiger partial charge >= 0.3 is 0 Å². The molecule has 1 heterocycles. The van der Waals surface area contributed by atoms with Crippen LogP contribution in [0.15, 0.2) is 48.5 Å². The average Bonchev–Trinajstić information content (AvgIpc) is 2.79. The summed E-state index contributed by atoms with van der Waals surface area (Å²) in [7, 11) is 0. The highest BCUT2D eigenvalue weighted by molar-refractivity contribution is 5.61. The SMILES string of the molecule is Cc1ccc(C(CN)N2c3ccccc3CC2C)cc1. The molecule has 0 saturated heterocycles. The van der Waals surface area contributed by atoms with E-state index >= 15 is 0 Å². The molecule has 20 heavy (non-hydrogen) atoms. The molecule has 2 aromatic carbocycles. The molecule has 2 nitrogen and oxygen atoms in total. The molecule has 0 radical (unpaired) electrons. The van der Waals surface area contributed by atoms with Crippen LogP contribution in [0.4, 0.5) is 5.69 Å². The van der Waals surface area contributed by atoms with Gasteiger partial charge in [0.05, 0.1) is 6.04 Å². The van der Waals surface area contributed by atoms with E-state index in [1.165, 1.54) is 22.4 Å². The smallest absolute Gasteiger partial charge is 0.0668 e. The standard InChI is InChI=1S/C18H22N2/c1-13-7-9-15(10-8-13)18(12-19)20-14(2)11-16-5-3-4-6-17(16)20/h3-10,14,18H,11-12,19H2,1-2H3. The summed E-state index contributed by atoms with van der Waals surface area (Å²) < 4.78 is 0. The summed E-state index contributed by atoms with van der Waals surface area (Å²) in [6, 6.07) is 18.2. The first-order valence-corrected chi connectivity index (χ1v) is 7.33. The predicted molar refractivity (Wildman–Crippen MR) is 85.1 cm³/mol. The Bertz CT molecular complexity index is 589. The van der Waals surface area contributed by atoms with Crippen molar-refractivity contribution in [2.75, 3.05) is 11.4 Å². The third-order valence-corrected chi connectivity index (χ3v) is 4.28. The molecule has 0 saturated carbocycles. The number of nitrogens with zero attached hydrogens (tertiary/aromatic N) is 1. The maximum absolute atomic E-state index is 6.10. The van der Waals surface area contributed by atoms with Gasteiger partial charge in [-0.15, -0.1) is 0 Å². The quantitative estimate of drug-likeness (QED) is 0.922. The Morgan fingerprint density at radius 2 is 1.85 bits per heavy atom. The monoisotopic (exact) mass is 266 g/mol. The fourth-order valence-electron chi connectivity index (χ4n) is 3.26. The summed E-state index contributed by atoms with van der Waals surface area (Å²) in [5, 5.41) is 0. The first-order valence-electron chi connectivity index (χ1n) is 7.33. The molecule has 0 aromatic heterocycles. The highest BCUT2D eigenvalue weighted by Gasteiger charge is 2.31. The fraction of sp³-hybridized carbons (Fsp3) is 0.333. The number of aryl methyl sites for hydroxylation is 1. The van der Waals surface area contributed by atoms with Crippen LogP contribution >= 0.6 is 0 Å². The van der Waals surface area contributed by atoms with Crippen molar-refractivity contribution >= 4 is 5.69 Å². The molecule has 0 fully saturated rings. The van der Waals surface area contributed by atoms with Gasteiger partial charge in [-0.3, -0.25) is 0 Å². The van der Waals surface area contributed by atoms with Crippen molar-refractivity contribution in [1.82, 2.24) is 0 Å². The molecule has 2 unspecified atom stereocenters. The maximum Gasteiger partial charge on any atom is 0.0668 e. The van der Waals surface area contributed by atoms with Gasteiger partial charge in [-0.05, 0) is 37.5 Å². The van der Waals surface area contributed by atoms with Gasteiger partial charge in [0.1, 0.15) is 0 Å². The summed E-state index contributed by atoms with van der Waals surface area (Å²) in [5.41, 5.74) is 11.5. The Labute approximate surface area is 121 Å². The molecule has 0 spiro atoms. The van der Waals surface area contributed by atoms with Crippen molar-refractivity contribution < 1.29 is 0 Å². The van der Waals surface area contributed by atoms with Gasteiger partial charge in [0, 0.05) is 18.3 Å². The van der Waals surface area contributed by atoms with Crippen LogP contribution in [0.25, 0.3) is 0 Å². The lowest BCUT2D eigenvalue weighted by Crippen LogP contribution is -2.37. The molecule has 1 aliphatic heterocycles. The van der Waals surface area contributed by atoms with E-state index in [1.807, 2.05) is 0 Å². The minimum absolute atomic E-state index is 0.259. The number of para-hydroxylation sites is 1. The van der Waals surface area contributed by atoms with Gasteiger partial charge in [-0.1, -0.05) is 48.0 Å². The van der Waals surface area contributed by atoms with Crippen molar-refractivity contribution in [3.63, 3.8) is 0 Å². The molecule has 3 rings (SSSR count). The molecule has 2 N–H and O–H groups in total. The maximum atomic E-state index is 6.10. The zero-order valence-electron chi connectivity index (χ0n) is 12.2. The van der Waals surface area contributed by atoms with E-state index in [1.54, 1.807) is 0 Å². The summed E-state index contributed by atoms with van der Waals surface area (Å²) in [6.07, 6.45) is 1.11. The number of rotatable bonds is 3. The number of hydrogen-bond acceptors (Lipinski definition) is 2. The van der Waals surface area contributed by atoms with Crippen LogP contribution in [-0.2, 0) is 6.42 Å². The van der Waals surface area contributed by atoms with Gasteiger partial charge in [0.25, 0.3) is 0 Å². The molecule has 2 heteroatoms. The van der Waals surface area contributed by atoms with Gasteiger partial charge in [0.2, 0.25) is 0 Å². The average molecular weight is 266 g/mol. The van der Waals surface area contributed by atoms with E-state index in [9.17, 15) is 0 Å². The minimum Gasteiger partial charge on any atom is -0.360 e. The minimum atomic E-state index is 0.259. The molecule has 2 aromatic rings. The topological polar surface area (TPSA) is 29.3 Å². The van der Waals surface area contributed by atoms with Gasteiger partial charge in [-0.2, -0.15) is 0 Å². The van der Waals surface area contributed by atoms with Crippen molar-refractivity contribution in [2.24, 2.45) is 5.73 Å². The lowest BCUT2D eigenvalue weighted by atomic mass is 10.0. The van der Waals surface area contributed by atoms with E-state index < -0.39 is 0 Å². The molecule has 104 valence electrons. The fourth-order valence-corrected chi connectivity index (χ4v) is 3.26. The first-order chi connectivity index (χ1) is 9.70. The number of fused-ring (bicyclic) bond motifs is 1. The van der Waals surface area contributed by atoms with Gasteiger partial charge in [-0.25, -0.2) is 0 Å². The Morgan fingerprint density at radius 1 is 1.15 bits per heavy atom. The number of benzene rings is 2. The normalized spacial score (nSPS) is 18.9. The van der Waals surface area contributed by atoms with Crippen molar-refractivity contribution in [3.8, 4) is 0 Å². The molecule has 1 aliphatic rings. The zero-order valence-corrected chi connectivity index (χ0v) is 12.2. The van der Waals surface area contributed by atoms with Crippen LogP contribution in [0.2, 0.25) is 0 Å². The summed E-state index contributed by atoms with van der Waals surface area (Å²) >= 11 is 0. The Hall–Kier alpha value is -1.80. The highest BCUT2D eigenvalue weighted by atomic mass is 15.2. The van der Waals surface area contributed by atoms with Crippen LogP contribution in [0.1, 0.15) is 29.7 Å². The second-order valence-corrected chi connectivity index (χ2v) is 5.75. The zero-order chi connectivity index (χ0) is 14.1. The molecule has 0 bridgehead atoms. The summed E-state index contributed by atoms with van der Waals surface area (Å²) in [4.78, 5) is 2.49. The second-order valence-electron chi connectivity index (χ2n) is 5.75. The van der Waals surface area contributed by atoms with Crippen LogP contribution in [-0.4, -0.2) is 12.6 Å². The molecular weight excluding hydrogens is 244 g/mol. The van der Waals surface area contributed by atoms with Crippen LogP contribution in [0.3, 0.4) is 0 Å². The lowest BCUT2D eigenvalue weighted by molar-refractivity contribution is 0.569. The first kappa shape index (κ1) is 13.2. The highest BCUT2D eigenvalue weighted by Crippen LogP contribution is 2.38. The Kier molecular flexibility index (Phi) is 3.49. The molecule has 0 aliphatic carbocycles. The summed E-state index contributed by atoms with van der Waals surface area (Å²) in [6.45, 7) is 5.05. The van der Waals surface area contributed by atoms with Gasteiger partial charge in [0.15, 0.2) is 0 Å². The largest absolute Gasteiger partial charge is 0.360 e. The van der Waals surface area contributed by atoms with Crippen molar-refractivity contribution in [2.45, 2.75) is 32.4 Å². The lowest BCUT2D eigenvalue weighted by Gasteiger charge is -2.34. The number of anilines is 1. The van der Waals surface area contributed by atoms with Crippen LogP contribution in [0, 0.1) is 6.92 Å². The predicted octanol–water partition coefficient (Wildman–Crippen LogP) is 3.45. The van der Waals surface area contributed by atoms with Crippen LogP contribution in [0.5, 0.6) is 0 Å². The van der Waals surface area contributed by atoms with E-state index in [0.717, 1.165) is 6.42 Å². The van der Waals surface area contributed by atoms with Crippen LogP contribution < -0.4 is 10.6 Å². The summed E-state index contributed by atoms with van der Waals surface area (Å²) in [5.74, 6) is 0. The van der Waals surface area contributed by atoms with E-state index in [2.05, 4.69) is 67.3 Å². The third-order valence-electron chi connectivity index (χ3n) is 4.28. The number of nitrogens with two attached hydrogens (primary N) is 1. The van der Waals surface area contributed by atoms with E-state index in [0.29, 0.717) is 12.6 Å². The van der Waals surface area contributed by atoms with E-state index in [-0.39, 0.29) is 6.04 Å². The molecule has 2 atom stereocenters. The third kappa shape index (κ3) is 2.20. The molecular formula is C18H22N2. The molecule has 0 amide bonds. The van der Waals surface area contributed by atoms with Crippen molar-refractivity contribution in [1.29, 1.82) is 0 Å². The number of hydrogen-bond donors (Lipinski definition) is 1. The van der Waals surface area contributed by atoms with Gasteiger partial charge < -0.3 is 10.6 Å². The second kappa shape index (κ2) is 5.29. The Balaban J connectivity index is 1.99. The van der Waals surface area contributed by atoms with Crippen molar-refractivity contribution in [3.05, 3.63) is 65.2 Å². The van der Waals surface area contributed by atoms with E-state index in [4.69, 9.17) is 5.73 Å².